The highest BCUT2D eigenvalue weighted by atomic mass is 16.5. The highest BCUT2D eigenvalue weighted by Crippen LogP contribution is 2.49. The molecule has 1 aliphatic heterocycles. The van der Waals surface area contributed by atoms with E-state index >= 15 is 0 Å². The Bertz CT molecular complexity index is 1110. The monoisotopic (exact) mass is 506 g/mol. The second kappa shape index (κ2) is 10.3. The molecule has 9 heteroatoms. The number of amides is 3. The molecule has 1 aromatic heterocycles. The van der Waals surface area contributed by atoms with Crippen LogP contribution in [-0.4, -0.2) is 83.0 Å². The maximum Gasteiger partial charge on any atom is 0.321 e. The summed E-state index contributed by atoms with van der Waals surface area (Å²) < 4.78 is 5.10. The third-order valence-electron chi connectivity index (χ3n) is 8.82. The molecule has 37 heavy (non-hydrogen) atoms. The summed E-state index contributed by atoms with van der Waals surface area (Å²) in [6, 6.07) is 10.7. The van der Waals surface area contributed by atoms with E-state index in [2.05, 4.69) is 69.5 Å². The summed E-state index contributed by atoms with van der Waals surface area (Å²) in [6.45, 7) is 1.37. The molecular formula is C28H38N6O3. The number of nitrogens with zero attached hydrogens (tertiary/aromatic N) is 5. The minimum Gasteiger partial charge on any atom is -0.480 e. The van der Waals surface area contributed by atoms with Gasteiger partial charge in [0.05, 0.1) is 25.0 Å². The molecule has 3 fully saturated rings. The van der Waals surface area contributed by atoms with Crippen molar-refractivity contribution in [3.8, 4) is 5.88 Å². The zero-order chi connectivity index (χ0) is 26.0. The topological polar surface area (TPSA) is 90.9 Å². The summed E-state index contributed by atoms with van der Waals surface area (Å²) in [4.78, 5) is 41.1. The molecule has 0 radical (unpaired) electrons. The summed E-state index contributed by atoms with van der Waals surface area (Å²) >= 11 is 0. The number of nitrogens with one attached hydrogen (secondary N) is 1. The van der Waals surface area contributed by atoms with Gasteiger partial charge in [0.15, 0.2) is 5.82 Å². The van der Waals surface area contributed by atoms with Gasteiger partial charge in [-0.05, 0) is 64.1 Å². The lowest BCUT2D eigenvalue weighted by Gasteiger charge is -2.51. The van der Waals surface area contributed by atoms with Crippen molar-refractivity contribution in [2.45, 2.75) is 56.0 Å². The second-order valence-corrected chi connectivity index (χ2v) is 11.1. The molecule has 0 atom stereocenters. The molecule has 1 spiro atoms. The molecule has 3 amide bonds. The average molecular weight is 507 g/mol. The lowest BCUT2D eigenvalue weighted by Crippen LogP contribution is -2.56. The number of ether oxygens (including phenoxy) is 1. The van der Waals surface area contributed by atoms with Crippen molar-refractivity contribution in [2.24, 2.45) is 5.92 Å². The van der Waals surface area contributed by atoms with Gasteiger partial charge in [0.1, 0.15) is 6.54 Å². The van der Waals surface area contributed by atoms with Gasteiger partial charge in [-0.1, -0.05) is 36.8 Å². The first kappa shape index (κ1) is 25.4. The molecular weight excluding hydrogens is 468 g/mol. The van der Waals surface area contributed by atoms with Crippen LogP contribution in [0.4, 0.5) is 10.6 Å². The fourth-order valence-electron chi connectivity index (χ4n) is 6.37. The Kier molecular flexibility index (Phi) is 7.07. The average Bonchev–Trinajstić information content (AvgIpc) is 3.12. The van der Waals surface area contributed by atoms with Crippen LogP contribution in [0, 0.1) is 5.92 Å². The molecule has 0 unspecified atom stereocenters. The van der Waals surface area contributed by atoms with Gasteiger partial charge >= 0.3 is 6.03 Å². The number of benzene rings is 1. The van der Waals surface area contributed by atoms with Crippen LogP contribution in [0.25, 0.3) is 0 Å². The minimum absolute atomic E-state index is 0.00184. The van der Waals surface area contributed by atoms with Gasteiger partial charge < -0.3 is 19.9 Å². The van der Waals surface area contributed by atoms with Crippen molar-refractivity contribution >= 4 is 17.8 Å². The Hall–Kier alpha value is -3.20. The smallest absolute Gasteiger partial charge is 0.321 e. The van der Waals surface area contributed by atoms with E-state index in [9.17, 15) is 9.59 Å². The van der Waals surface area contributed by atoms with Crippen LogP contribution in [0.2, 0.25) is 0 Å². The molecule has 2 aromatic rings. The lowest BCUT2D eigenvalue weighted by atomic mass is 9.68. The van der Waals surface area contributed by atoms with E-state index in [1.54, 1.807) is 4.90 Å². The second-order valence-electron chi connectivity index (χ2n) is 11.1. The van der Waals surface area contributed by atoms with Crippen molar-refractivity contribution < 1.29 is 14.3 Å². The van der Waals surface area contributed by atoms with Gasteiger partial charge in [-0.3, -0.25) is 14.7 Å². The van der Waals surface area contributed by atoms with Gasteiger partial charge in [0, 0.05) is 18.6 Å². The summed E-state index contributed by atoms with van der Waals surface area (Å²) in [6.07, 6.45) is 10.3. The third-order valence-corrected chi connectivity index (χ3v) is 8.82. The summed E-state index contributed by atoms with van der Waals surface area (Å²) in [5, 5.41) is 2.77. The highest BCUT2D eigenvalue weighted by molar-refractivity contribution is 5.94. The molecule has 198 valence electrons. The Morgan fingerprint density at radius 1 is 1.14 bits per heavy atom. The number of aromatic nitrogens is 2. The zero-order valence-electron chi connectivity index (χ0n) is 22.2. The molecule has 3 aliphatic rings. The SMILES string of the molecule is COc1cncc(NC(=O)CN2CC3(CCC(c4ccccc4)(N(C)C)CC3)N(CC3CCC3)C2=O)n1. The van der Waals surface area contributed by atoms with Gasteiger partial charge in [-0.25, -0.2) is 4.79 Å². The summed E-state index contributed by atoms with van der Waals surface area (Å²) in [5.74, 6) is 0.926. The van der Waals surface area contributed by atoms with Crippen LogP contribution in [0.15, 0.2) is 42.7 Å². The van der Waals surface area contributed by atoms with Crippen molar-refractivity contribution in [3.05, 3.63) is 48.3 Å². The van der Waals surface area contributed by atoms with E-state index in [0.717, 1.165) is 32.2 Å². The van der Waals surface area contributed by atoms with Crippen molar-refractivity contribution in [1.29, 1.82) is 0 Å². The van der Waals surface area contributed by atoms with Crippen molar-refractivity contribution in [3.63, 3.8) is 0 Å². The quantitative estimate of drug-likeness (QED) is 0.587. The Balaban J connectivity index is 1.33. The predicted molar refractivity (Wildman–Crippen MR) is 141 cm³/mol. The van der Waals surface area contributed by atoms with E-state index in [1.165, 1.54) is 44.3 Å². The standard InChI is InChI=1S/C28H38N6O3/c1-32(2)28(22-10-5-4-6-11-22)14-12-27(13-15-28)20-33(26(36)34(27)18-21-8-7-9-21)19-24(35)30-23-16-29-17-25(31-23)37-3/h4-6,10-11,16-17,21H,7-9,12-15,18-20H2,1-3H3,(H,30,31,35). The number of methoxy groups -OCH3 is 1. The number of carbonyl (C=O) groups excluding carboxylic acids is 2. The van der Waals surface area contributed by atoms with Gasteiger partial charge in [0.2, 0.25) is 11.8 Å². The molecule has 0 bridgehead atoms. The number of carbonyl (C=O) groups is 2. The first-order valence-corrected chi connectivity index (χ1v) is 13.3. The minimum atomic E-state index is -0.278. The van der Waals surface area contributed by atoms with Crippen molar-refractivity contribution in [1.82, 2.24) is 24.7 Å². The normalized spacial score (nSPS) is 26.0. The van der Waals surface area contributed by atoms with Crippen LogP contribution in [0.1, 0.15) is 50.5 Å². The number of rotatable bonds is 8. The summed E-state index contributed by atoms with van der Waals surface area (Å²) in [5.41, 5.74) is 1.05. The Morgan fingerprint density at radius 2 is 1.86 bits per heavy atom. The number of hydrogen-bond donors (Lipinski definition) is 1. The van der Waals surface area contributed by atoms with E-state index in [-0.39, 0.29) is 29.6 Å². The molecule has 5 rings (SSSR count). The number of anilines is 1. The first-order chi connectivity index (χ1) is 17.8. The molecule has 9 nitrogen and oxygen atoms in total. The molecule has 2 aliphatic carbocycles. The predicted octanol–water partition coefficient (Wildman–Crippen LogP) is 3.73. The number of urea groups is 1. The maximum atomic E-state index is 13.7. The van der Waals surface area contributed by atoms with E-state index in [4.69, 9.17) is 4.74 Å². The first-order valence-electron chi connectivity index (χ1n) is 13.3. The molecule has 1 N–H and O–H groups in total. The summed E-state index contributed by atoms with van der Waals surface area (Å²) in [7, 11) is 5.83. The van der Waals surface area contributed by atoms with Gasteiger partial charge in [0.25, 0.3) is 0 Å². The lowest BCUT2D eigenvalue weighted by molar-refractivity contribution is -0.116. The van der Waals surface area contributed by atoms with E-state index in [1.807, 2.05) is 0 Å². The number of hydrogen-bond acceptors (Lipinski definition) is 6. The van der Waals surface area contributed by atoms with Gasteiger partial charge in [-0.2, -0.15) is 4.98 Å². The third kappa shape index (κ3) is 4.89. The Morgan fingerprint density at radius 3 is 2.49 bits per heavy atom. The van der Waals surface area contributed by atoms with Crippen LogP contribution in [0.5, 0.6) is 5.88 Å². The van der Waals surface area contributed by atoms with Crippen LogP contribution >= 0.6 is 0 Å². The molecule has 1 saturated heterocycles. The highest BCUT2D eigenvalue weighted by Gasteiger charge is 2.55. The largest absolute Gasteiger partial charge is 0.480 e. The van der Waals surface area contributed by atoms with Crippen LogP contribution < -0.4 is 10.1 Å². The fourth-order valence-corrected chi connectivity index (χ4v) is 6.37. The zero-order valence-corrected chi connectivity index (χ0v) is 22.2. The van der Waals surface area contributed by atoms with E-state index < -0.39 is 0 Å². The molecule has 1 aromatic carbocycles. The maximum absolute atomic E-state index is 13.7. The van der Waals surface area contributed by atoms with Crippen molar-refractivity contribution in [2.75, 3.05) is 46.2 Å². The molecule has 2 heterocycles. The van der Waals surface area contributed by atoms with Gasteiger partial charge in [-0.15, -0.1) is 0 Å². The fraction of sp³-hybridized carbons (Fsp3) is 0.571. The molecule has 2 saturated carbocycles. The van der Waals surface area contributed by atoms with Crippen LogP contribution in [-0.2, 0) is 10.3 Å². The van der Waals surface area contributed by atoms with E-state index in [0.29, 0.717) is 24.2 Å². The Labute approximate surface area is 219 Å². The van der Waals surface area contributed by atoms with Crippen LogP contribution in [0.3, 0.4) is 0 Å².